The monoisotopic (exact) mass is 293 g/mol. The van der Waals surface area contributed by atoms with Crippen molar-refractivity contribution in [1.82, 2.24) is 4.90 Å². The molecule has 1 aromatic carbocycles. The fourth-order valence-corrected chi connectivity index (χ4v) is 2.87. The number of ether oxygens (including phenoxy) is 3. The Labute approximate surface area is 125 Å². The molecule has 0 aromatic heterocycles. The maximum Gasteiger partial charge on any atom is 0.323 e. The van der Waals surface area contributed by atoms with E-state index in [9.17, 15) is 4.79 Å². The molecule has 5 heteroatoms. The van der Waals surface area contributed by atoms with Gasteiger partial charge in [-0.3, -0.25) is 9.69 Å². The fourth-order valence-electron chi connectivity index (χ4n) is 2.87. The molecule has 0 saturated carbocycles. The van der Waals surface area contributed by atoms with Gasteiger partial charge in [0.25, 0.3) is 0 Å². The molecular weight excluding hydrogens is 270 g/mol. The quantitative estimate of drug-likeness (QED) is 0.590. The second kappa shape index (κ2) is 7.54. The number of benzene rings is 1. The van der Waals surface area contributed by atoms with Crippen LogP contribution >= 0.6 is 0 Å². The number of carbonyl (C=O) groups excluding carboxylic acids is 1. The van der Waals surface area contributed by atoms with E-state index >= 15 is 0 Å². The van der Waals surface area contributed by atoms with Gasteiger partial charge in [0.2, 0.25) is 0 Å². The largest absolute Gasteiger partial charge is 0.468 e. The smallest absolute Gasteiger partial charge is 0.323 e. The van der Waals surface area contributed by atoms with Crippen LogP contribution in [0.15, 0.2) is 30.3 Å². The van der Waals surface area contributed by atoms with E-state index < -0.39 is 0 Å². The Balaban J connectivity index is 2.10. The normalized spacial score (nSPS) is 26.0. The van der Waals surface area contributed by atoms with Crippen LogP contribution in [0.3, 0.4) is 0 Å². The molecule has 2 rings (SSSR count). The zero-order valence-corrected chi connectivity index (χ0v) is 12.8. The average molecular weight is 293 g/mol. The minimum Gasteiger partial charge on any atom is -0.468 e. The highest BCUT2D eigenvalue weighted by Crippen LogP contribution is 2.29. The third kappa shape index (κ3) is 3.81. The highest BCUT2D eigenvalue weighted by atomic mass is 16.7. The molecule has 0 bridgehead atoms. The second-order valence-electron chi connectivity index (χ2n) is 5.35. The molecule has 3 atom stereocenters. The third-order valence-corrected chi connectivity index (χ3v) is 3.96. The topological polar surface area (TPSA) is 48.0 Å². The van der Waals surface area contributed by atoms with Gasteiger partial charge in [0.05, 0.1) is 13.2 Å². The first-order valence-corrected chi connectivity index (χ1v) is 7.13. The Kier molecular flexibility index (Phi) is 5.73. The Morgan fingerprint density at radius 1 is 1.29 bits per heavy atom. The summed E-state index contributed by atoms with van der Waals surface area (Å²) >= 11 is 0. The van der Waals surface area contributed by atoms with E-state index in [1.807, 2.05) is 25.1 Å². The molecule has 1 aliphatic rings. The number of hydrogen-bond acceptors (Lipinski definition) is 5. The lowest BCUT2D eigenvalue weighted by Crippen LogP contribution is -2.39. The first-order valence-electron chi connectivity index (χ1n) is 7.13. The van der Waals surface area contributed by atoms with Crippen molar-refractivity contribution in [2.24, 2.45) is 5.92 Å². The van der Waals surface area contributed by atoms with Gasteiger partial charge in [-0.2, -0.15) is 0 Å². The molecule has 0 radical (unpaired) electrons. The van der Waals surface area contributed by atoms with Crippen molar-refractivity contribution in [3.63, 3.8) is 0 Å². The first kappa shape index (κ1) is 15.9. The predicted octanol–water partition coefficient (Wildman–Crippen LogP) is 1.67. The van der Waals surface area contributed by atoms with Crippen LogP contribution in [0.1, 0.15) is 12.5 Å². The van der Waals surface area contributed by atoms with E-state index in [2.05, 4.69) is 17.0 Å². The number of methoxy groups -OCH3 is 2. The molecule has 1 heterocycles. The van der Waals surface area contributed by atoms with Crippen molar-refractivity contribution < 1.29 is 19.0 Å². The van der Waals surface area contributed by atoms with E-state index in [1.165, 1.54) is 12.7 Å². The summed E-state index contributed by atoms with van der Waals surface area (Å²) in [5, 5.41) is 0. The highest BCUT2D eigenvalue weighted by Gasteiger charge is 2.44. The molecule has 1 fully saturated rings. The minimum absolute atomic E-state index is 0.0298. The van der Waals surface area contributed by atoms with Crippen LogP contribution < -0.4 is 0 Å². The summed E-state index contributed by atoms with van der Waals surface area (Å²) < 4.78 is 15.6. The van der Waals surface area contributed by atoms with Crippen molar-refractivity contribution in [2.75, 3.05) is 27.6 Å². The average Bonchev–Trinajstić information content (AvgIpc) is 2.81. The van der Waals surface area contributed by atoms with Crippen molar-refractivity contribution >= 4 is 5.97 Å². The van der Waals surface area contributed by atoms with Gasteiger partial charge in [-0.15, -0.1) is 0 Å². The number of esters is 1. The second-order valence-corrected chi connectivity index (χ2v) is 5.35. The number of likely N-dealkylation sites (tertiary alicyclic amines) is 1. The first-order chi connectivity index (χ1) is 10.2. The summed E-state index contributed by atoms with van der Waals surface area (Å²) in [5.74, 6) is -0.140. The van der Waals surface area contributed by atoms with Gasteiger partial charge in [0.15, 0.2) is 0 Å². The predicted molar refractivity (Wildman–Crippen MR) is 78.6 cm³/mol. The Morgan fingerprint density at radius 2 is 2.00 bits per heavy atom. The van der Waals surface area contributed by atoms with Gasteiger partial charge < -0.3 is 14.2 Å². The van der Waals surface area contributed by atoms with Crippen LogP contribution in [0.5, 0.6) is 0 Å². The van der Waals surface area contributed by atoms with Crippen LogP contribution in [0, 0.1) is 5.92 Å². The fraction of sp³-hybridized carbons (Fsp3) is 0.562. The van der Waals surface area contributed by atoms with Gasteiger partial charge in [0.1, 0.15) is 12.8 Å². The SMILES string of the molecule is COCO[C@@H]1CN(Cc2ccccc2)[C@H](C(=O)OC)[C@@H]1C. The Hall–Kier alpha value is -1.43. The molecule has 5 nitrogen and oxygen atoms in total. The van der Waals surface area contributed by atoms with Crippen LogP contribution in [-0.4, -0.2) is 50.6 Å². The molecule has 0 spiro atoms. The third-order valence-electron chi connectivity index (χ3n) is 3.96. The summed E-state index contributed by atoms with van der Waals surface area (Å²) in [6, 6.07) is 9.82. The van der Waals surface area contributed by atoms with Crippen LogP contribution in [-0.2, 0) is 25.5 Å². The van der Waals surface area contributed by atoms with E-state index in [0.717, 1.165) is 0 Å². The lowest BCUT2D eigenvalue weighted by molar-refractivity contribution is -0.147. The van der Waals surface area contributed by atoms with Gasteiger partial charge in [-0.1, -0.05) is 37.3 Å². The van der Waals surface area contributed by atoms with Crippen molar-refractivity contribution in [2.45, 2.75) is 25.6 Å². The summed E-state index contributed by atoms with van der Waals surface area (Å²) in [6.07, 6.45) is -0.0298. The van der Waals surface area contributed by atoms with Crippen molar-refractivity contribution in [1.29, 1.82) is 0 Å². The Morgan fingerprint density at radius 3 is 2.62 bits per heavy atom. The van der Waals surface area contributed by atoms with Crippen molar-refractivity contribution in [3.8, 4) is 0 Å². The summed E-state index contributed by atoms with van der Waals surface area (Å²) in [6.45, 7) is 3.66. The zero-order chi connectivity index (χ0) is 15.2. The molecule has 1 saturated heterocycles. The van der Waals surface area contributed by atoms with Crippen LogP contribution in [0.4, 0.5) is 0 Å². The maximum atomic E-state index is 12.1. The molecule has 1 aliphatic heterocycles. The van der Waals surface area contributed by atoms with E-state index in [1.54, 1.807) is 7.11 Å². The van der Waals surface area contributed by atoms with E-state index in [4.69, 9.17) is 14.2 Å². The minimum atomic E-state index is -0.280. The lowest BCUT2D eigenvalue weighted by Gasteiger charge is -2.24. The number of hydrogen-bond donors (Lipinski definition) is 0. The molecule has 1 aromatic rings. The van der Waals surface area contributed by atoms with E-state index in [-0.39, 0.29) is 30.8 Å². The molecule has 0 unspecified atom stereocenters. The molecule has 21 heavy (non-hydrogen) atoms. The standard InChI is InChI=1S/C16H23NO4/c1-12-14(21-11-19-2)10-17(15(12)16(18)20-3)9-13-7-5-4-6-8-13/h4-8,12,14-15H,9-11H2,1-3H3/t12-,14-,15+/m1/s1. The summed E-state index contributed by atoms with van der Waals surface area (Å²) in [5.41, 5.74) is 1.17. The van der Waals surface area contributed by atoms with Crippen LogP contribution in [0.2, 0.25) is 0 Å². The number of nitrogens with zero attached hydrogens (tertiary/aromatic N) is 1. The van der Waals surface area contributed by atoms with Crippen LogP contribution in [0.25, 0.3) is 0 Å². The Bertz CT molecular complexity index is 451. The highest BCUT2D eigenvalue weighted by molar-refractivity contribution is 5.76. The summed E-state index contributed by atoms with van der Waals surface area (Å²) in [7, 11) is 3.03. The molecule has 0 aliphatic carbocycles. The molecular formula is C16H23NO4. The van der Waals surface area contributed by atoms with E-state index in [0.29, 0.717) is 13.1 Å². The summed E-state index contributed by atoms with van der Waals surface area (Å²) in [4.78, 5) is 14.2. The molecule has 116 valence electrons. The number of carbonyl (C=O) groups is 1. The van der Waals surface area contributed by atoms with Gasteiger partial charge in [-0.05, 0) is 5.56 Å². The number of rotatable bonds is 6. The van der Waals surface area contributed by atoms with Gasteiger partial charge in [0, 0.05) is 26.1 Å². The maximum absolute atomic E-state index is 12.1. The lowest BCUT2D eigenvalue weighted by atomic mass is 10.0. The van der Waals surface area contributed by atoms with Gasteiger partial charge >= 0.3 is 5.97 Å². The van der Waals surface area contributed by atoms with Gasteiger partial charge in [-0.25, -0.2) is 0 Å². The molecule has 0 amide bonds. The molecule has 0 N–H and O–H groups in total. The zero-order valence-electron chi connectivity index (χ0n) is 12.8. The van der Waals surface area contributed by atoms with Crippen molar-refractivity contribution in [3.05, 3.63) is 35.9 Å².